The van der Waals surface area contributed by atoms with Crippen LogP contribution in [0.25, 0.3) is 0 Å². The van der Waals surface area contributed by atoms with E-state index in [4.69, 9.17) is 0 Å². The Labute approximate surface area is 110 Å². The Morgan fingerprint density at radius 1 is 1.39 bits per heavy atom. The second kappa shape index (κ2) is 4.69. The molecule has 3 atom stereocenters. The molecule has 1 N–H and O–H groups in total. The number of hydrogen-bond acceptors (Lipinski definition) is 2. The maximum absolute atomic E-state index is 4.46. The summed E-state index contributed by atoms with van der Waals surface area (Å²) in [4.78, 5) is 4.46. The highest BCUT2D eigenvalue weighted by atomic mass is 15.1. The molecular formula is C15H25N3. The van der Waals surface area contributed by atoms with Crippen LogP contribution in [-0.4, -0.2) is 22.6 Å². The van der Waals surface area contributed by atoms with Gasteiger partial charge in [0.25, 0.3) is 0 Å². The van der Waals surface area contributed by atoms with Crippen LogP contribution in [0.5, 0.6) is 0 Å². The molecule has 100 valence electrons. The second-order valence-electron chi connectivity index (χ2n) is 6.50. The highest BCUT2D eigenvalue weighted by Crippen LogP contribution is 2.38. The fourth-order valence-corrected chi connectivity index (χ4v) is 3.78. The lowest BCUT2D eigenvalue weighted by molar-refractivity contribution is 0.245. The smallest absolute Gasteiger partial charge is 0.0951 e. The number of aromatic nitrogens is 2. The van der Waals surface area contributed by atoms with E-state index in [0.717, 1.165) is 19.0 Å². The van der Waals surface area contributed by atoms with E-state index in [1.54, 1.807) is 0 Å². The molecule has 3 nitrogen and oxygen atoms in total. The van der Waals surface area contributed by atoms with Crippen LogP contribution in [0.4, 0.5) is 0 Å². The highest BCUT2D eigenvalue weighted by molar-refractivity contribution is 5.18. The summed E-state index contributed by atoms with van der Waals surface area (Å²) < 4.78 is 2.50. The van der Waals surface area contributed by atoms with Crippen molar-refractivity contribution in [3.05, 3.63) is 18.2 Å². The first kappa shape index (κ1) is 12.2. The minimum atomic E-state index is 0.285. The summed E-state index contributed by atoms with van der Waals surface area (Å²) in [6.45, 7) is 7.03. The molecule has 3 heteroatoms. The predicted octanol–water partition coefficient (Wildman–Crippen LogP) is 2.89. The normalized spacial score (nSPS) is 37.0. The lowest BCUT2D eigenvalue weighted by atomic mass is 9.82. The molecule has 1 aromatic rings. The van der Waals surface area contributed by atoms with Gasteiger partial charge in [-0.2, -0.15) is 0 Å². The van der Waals surface area contributed by atoms with Gasteiger partial charge in [-0.15, -0.1) is 0 Å². The van der Waals surface area contributed by atoms with Crippen LogP contribution >= 0.6 is 0 Å². The SMILES string of the molecule is CC1CCCCC1n1cncc1C1(C)CCNC1. The molecule has 1 aliphatic carbocycles. The van der Waals surface area contributed by atoms with Gasteiger partial charge < -0.3 is 9.88 Å². The number of hydrogen-bond donors (Lipinski definition) is 1. The van der Waals surface area contributed by atoms with Crippen molar-refractivity contribution in [2.24, 2.45) is 5.92 Å². The third kappa shape index (κ3) is 1.99. The number of nitrogens with zero attached hydrogens (tertiary/aromatic N) is 2. The molecule has 3 unspecified atom stereocenters. The van der Waals surface area contributed by atoms with E-state index in [1.165, 1.54) is 37.8 Å². The first-order valence-electron chi connectivity index (χ1n) is 7.44. The summed E-state index contributed by atoms with van der Waals surface area (Å²) in [6, 6.07) is 0.675. The van der Waals surface area contributed by atoms with Gasteiger partial charge in [0, 0.05) is 29.9 Å². The van der Waals surface area contributed by atoms with Gasteiger partial charge in [-0.25, -0.2) is 4.98 Å². The largest absolute Gasteiger partial charge is 0.331 e. The van der Waals surface area contributed by atoms with Gasteiger partial charge in [-0.05, 0) is 31.7 Å². The van der Waals surface area contributed by atoms with E-state index in [0.29, 0.717) is 6.04 Å². The lowest BCUT2D eigenvalue weighted by Crippen LogP contribution is -2.31. The Kier molecular flexibility index (Phi) is 3.18. The molecular weight excluding hydrogens is 222 g/mol. The molecule has 1 aromatic heterocycles. The molecule has 0 amide bonds. The molecule has 2 heterocycles. The van der Waals surface area contributed by atoms with Crippen molar-refractivity contribution in [2.45, 2.75) is 57.4 Å². The van der Waals surface area contributed by atoms with E-state index < -0.39 is 0 Å². The van der Waals surface area contributed by atoms with Gasteiger partial charge >= 0.3 is 0 Å². The van der Waals surface area contributed by atoms with E-state index in [-0.39, 0.29) is 5.41 Å². The molecule has 0 bridgehead atoms. The molecule has 18 heavy (non-hydrogen) atoms. The Balaban J connectivity index is 1.91. The Bertz CT molecular complexity index is 404. The third-order valence-corrected chi connectivity index (χ3v) is 5.08. The number of rotatable bonds is 2. The van der Waals surface area contributed by atoms with Crippen LogP contribution in [0.3, 0.4) is 0 Å². The molecule has 0 aromatic carbocycles. The van der Waals surface area contributed by atoms with Crippen LogP contribution in [-0.2, 0) is 5.41 Å². The van der Waals surface area contributed by atoms with Gasteiger partial charge in [0.2, 0.25) is 0 Å². The van der Waals surface area contributed by atoms with E-state index in [9.17, 15) is 0 Å². The number of nitrogens with one attached hydrogen (secondary N) is 1. The minimum absolute atomic E-state index is 0.285. The van der Waals surface area contributed by atoms with Crippen molar-refractivity contribution in [1.82, 2.24) is 14.9 Å². The molecule has 1 aliphatic heterocycles. The van der Waals surface area contributed by atoms with Crippen LogP contribution in [0.15, 0.2) is 12.5 Å². The Morgan fingerprint density at radius 2 is 2.22 bits per heavy atom. The molecule has 3 rings (SSSR count). The average molecular weight is 247 g/mol. The van der Waals surface area contributed by atoms with E-state index in [1.807, 2.05) is 0 Å². The first-order valence-corrected chi connectivity index (χ1v) is 7.44. The summed E-state index contributed by atoms with van der Waals surface area (Å²) in [6.07, 6.45) is 10.9. The third-order valence-electron chi connectivity index (χ3n) is 5.08. The fraction of sp³-hybridized carbons (Fsp3) is 0.800. The van der Waals surface area contributed by atoms with Crippen LogP contribution < -0.4 is 5.32 Å². The molecule has 2 aliphatic rings. The van der Waals surface area contributed by atoms with Gasteiger partial charge in [0.05, 0.1) is 6.33 Å². The molecule has 2 fully saturated rings. The summed E-state index contributed by atoms with van der Waals surface area (Å²) in [7, 11) is 0. The zero-order valence-electron chi connectivity index (χ0n) is 11.7. The summed E-state index contributed by atoms with van der Waals surface area (Å²) in [5, 5.41) is 3.50. The first-order chi connectivity index (χ1) is 8.71. The fourth-order valence-electron chi connectivity index (χ4n) is 3.78. The lowest BCUT2D eigenvalue weighted by Gasteiger charge is -2.34. The topological polar surface area (TPSA) is 29.9 Å². The van der Waals surface area contributed by atoms with Crippen LogP contribution in [0, 0.1) is 5.92 Å². The van der Waals surface area contributed by atoms with Crippen molar-refractivity contribution in [3.8, 4) is 0 Å². The van der Waals surface area contributed by atoms with Crippen molar-refractivity contribution in [3.63, 3.8) is 0 Å². The summed E-state index contributed by atoms with van der Waals surface area (Å²) >= 11 is 0. The summed E-state index contributed by atoms with van der Waals surface area (Å²) in [5.74, 6) is 0.796. The highest BCUT2D eigenvalue weighted by Gasteiger charge is 2.35. The quantitative estimate of drug-likeness (QED) is 0.871. The maximum Gasteiger partial charge on any atom is 0.0951 e. The molecule has 1 saturated carbocycles. The zero-order valence-corrected chi connectivity index (χ0v) is 11.7. The van der Waals surface area contributed by atoms with Gasteiger partial charge in [0.1, 0.15) is 0 Å². The van der Waals surface area contributed by atoms with Crippen molar-refractivity contribution < 1.29 is 0 Å². The van der Waals surface area contributed by atoms with Gasteiger partial charge in [-0.3, -0.25) is 0 Å². The Morgan fingerprint density at radius 3 is 2.94 bits per heavy atom. The van der Waals surface area contributed by atoms with Crippen molar-refractivity contribution >= 4 is 0 Å². The average Bonchev–Trinajstić information content (AvgIpc) is 2.99. The van der Waals surface area contributed by atoms with Gasteiger partial charge in [0.15, 0.2) is 0 Å². The standard InChI is InChI=1S/C15H25N3/c1-12-5-3-4-6-13(12)18-11-17-9-14(18)15(2)7-8-16-10-15/h9,11-13,16H,3-8,10H2,1-2H3. The zero-order chi connectivity index (χ0) is 12.6. The van der Waals surface area contributed by atoms with E-state index in [2.05, 4.69) is 41.2 Å². The minimum Gasteiger partial charge on any atom is -0.331 e. The van der Waals surface area contributed by atoms with E-state index >= 15 is 0 Å². The molecule has 0 spiro atoms. The number of imidazole rings is 1. The second-order valence-corrected chi connectivity index (χ2v) is 6.50. The Hall–Kier alpha value is -0.830. The molecule has 1 saturated heterocycles. The summed E-state index contributed by atoms with van der Waals surface area (Å²) in [5.41, 5.74) is 1.74. The van der Waals surface area contributed by atoms with Crippen molar-refractivity contribution in [2.75, 3.05) is 13.1 Å². The maximum atomic E-state index is 4.46. The predicted molar refractivity (Wildman–Crippen MR) is 73.7 cm³/mol. The van der Waals surface area contributed by atoms with Gasteiger partial charge in [-0.1, -0.05) is 26.7 Å². The van der Waals surface area contributed by atoms with Crippen LogP contribution in [0.1, 0.15) is 57.7 Å². The molecule has 0 radical (unpaired) electrons. The van der Waals surface area contributed by atoms with Crippen LogP contribution in [0.2, 0.25) is 0 Å². The van der Waals surface area contributed by atoms with Crippen molar-refractivity contribution in [1.29, 1.82) is 0 Å². The monoisotopic (exact) mass is 247 g/mol.